The lowest BCUT2D eigenvalue weighted by atomic mass is 10.5. The molecule has 230 valence electrons. The summed E-state index contributed by atoms with van der Waals surface area (Å²) in [5.41, 5.74) is 0. The molecule has 0 rings (SSSR count). The quantitative estimate of drug-likeness (QED) is 0.0613. The zero-order chi connectivity index (χ0) is 29.5. The summed E-state index contributed by atoms with van der Waals surface area (Å²) in [5, 5.41) is 1.91. The minimum Gasteiger partial charge on any atom is -0.246 e. The van der Waals surface area contributed by atoms with Crippen molar-refractivity contribution in [2.24, 2.45) is 0 Å². The van der Waals surface area contributed by atoms with E-state index in [1.165, 1.54) is 0 Å². The Morgan fingerprint density at radius 3 is 1.18 bits per heavy atom. The lowest BCUT2D eigenvalue weighted by molar-refractivity contribution is -1.54. The predicted molar refractivity (Wildman–Crippen MR) is 156 cm³/mol. The first-order valence-corrected chi connectivity index (χ1v) is 15.7. The molecule has 0 aromatic rings. The second-order valence-corrected chi connectivity index (χ2v) is 9.35. The molecule has 0 aromatic carbocycles. The molecule has 0 spiro atoms. The second kappa shape index (κ2) is 18.6. The predicted octanol–water partition coefficient (Wildman–Crippen LogP) is 5.06. The van der Waals surface area contributed by atoms with E-state index >= 15 is 0 Å². The first-order valence-electron chi connectivity index (χ1n) is 14.8. The van der Waals surface area contributed by atoms with Gasteiger partial charge in [-0.15, -0.1) is 14.7 Å². The maximum atomic E-state index is 6.83. The number of halogens is 1. The molecular weight excluding hydrogens is 607 g/mol. The van der Waals surface area contributed by atoms with Crippen molar-refractivity contribution in [2.75, 3.05) is 78.5 Å². The molecule has 0 bridgehead atoms. The summed E-state index contributed by atoms with van der Waals surface area (Å²) >= 11 is 1.91. The van der Waals surface area contributed by atoms with Gasteiger partial charge in [0.2, 0.25) is 0 Å². The fourth-order valence-electron chi connectivity index (χ4n) is 4.03. The molecule has 0 heterocycles. The molecule has 1 atom stereocenters. The van der Waals surface area contributed by atoms with Crippen LogP contribution < -0.4 is 0 Å². The number of hydroxylamine groups is 18. The fourth-order valence-corrected chi connectivity index (χ4v) is 4.66. The van der Waals surface area contributed by atoms with E-state index in [1.54, 1.807) is 0 Å². The minimum absolute atomic E-state index is 0.00494. The summed E-state index contributed by atoms with van der Waals surface area (Å²) in [6, 6.07) is 0. The molecule has 1 unspecified atom stereocenters. The molecule has 0 fully saturated rings. The van der Waals surface area contributed by atoms with E-state index in [1.807, 2.05) is 69.6 Å². The standard InChI is InChI=1S/C25H61IN6O6/c1-13-27(14-2)25(33-29(17-5,18-6)36-28(15-3)16-4)34-30(19-7,20-8)37-32(23-11,24-12)38-31(21-9,22-10)35-26/h25H,13-24H2,1-12H3/q+4. The molecule has 0 amide bonds. The van der Waals surface area contributed by atoms with E-state index in [0.29, 0.717) is 52.4 Å². The maximum Gasteiger partial charge on any atom is 0.335 e. The van der Waals surface area contributed by atoms with Crippen LogP contribution >= 0.6 is 23.0 Å². The molecule has 13 heteroatoms. The van der Waals surface area contributed by atoms with Crippen LogP contribution in [0.5, 0.6) is 0 Å². The lowest BCUT2D eigenvalue weighted by Gasteiger charge is -2.42. The first kappa shape index (κ1) is 38.2. The zero-order valence-corrected chi connectivity index (χ0v) is 28.7. The van der Waals surface area contributed by atoms with Crippen molar-refractivity contribution < 1.29 is 46.9 Å². The van der Waals surface area contributed by atoms with Crippen LogP contribution in [0, 0.1) is 0 Å². The Balaban J connectivity index is 6.49. The van der Waals surface area contributed by atoms with Crippen molar-refractivity contribution in [2.45, 2.75) is 89.5 Å². The molecular formula is C25H61IN6O6+4. The number of nitrogens with zero attached hydrogens (tertiary/aromatic N) is 6. The Bertz CT molecular complexity index is 591. The van der Waals surface area contributed by atoms with Gasteiger partial charge in [-0.25, -0.2) is 4.90 Å². The van der Waals surface area contributed by atoms with Gasteiger partial charge in [0.25, 0.3) is 0 Å². The van der Waals surface area contributed by atoms with Gasteiger partial charge in [0.05, 0.1) is 14.7 Å². The Kier molecular flexibility index (Phi) is 18.8. The van der Waals surface area contributed by atoms with Gasteiger partial charge in [-0.3, -0.25) is 0 Å². The van der Waals surface area contributed by atoms with Gasteiger partial charge < -0.3 is 0 Å². The first-order chi connectivity index (χ1) is 18.0. The number of hydrogen-bond acceptors (Lipinski definition) is 8. The largest absolute Gasteiger partial charge is 0.335 e. The molecule has 0 saturated heterocycles. The summed E-state index contributed by atoms with van der Waals surface area (Å²) in [4.78, 5) is 35.2. The summed E-state index contributed by atoms with van der Waals surface area (Å²) in [6.07, 6.45) is -0.728. The highest BCUT2D eigenvalue weighted by atomic mass is 127. The molecule has 12 nitrogen and oxygen atoms in total. The lowest BCUT2D eigenvalue weighted by Crippen LogP contribution is -2.67. The highest BCUT2D eigenvalue weighted by molar-refractivity contribution is 14.1. The maximum absolute atomic E-state index is 6.83. The summed E-state index contributed by atoms with van der Waals surface area (Å²) in [6.45, 7) is 32.4. The van der Waals surface area contributed by atoms with Crippen molar-refractivity contribution in [3.05, 3.63) is 0 Å². The van der Waals surface area contributed by atoms with Gasteiger partial charge in [-0.1, -0.05) is 22.0 Å². The van der Waals surface area contributed by atoms with Crippen LogP contribution in [-0.4, -0.2) is 114 Å². The van der Waals surface area contributed by atoms with Crippen LogP contribution in [0.4, 0.5) is 0 Å². The van der Waals surface area contributed by atoms with Gasteiger partial charge in [-0.05, 0) is 74.0 Å². The second-order valence-electron chi connectivity index (χ2n) is 8.96. The Morgan fingerprint density at radius 2 is 0.868 bits per heavy atom. The van der Waals surface area contributed by atoms with Crippen molar-refractivity contribution in [1.29, 1.82) is 0 Å². The van der Waals surface area contributed by atoms with Gasteiger partial charge in [0, 0.05) is 35.8 Å². The van der Waals surface area contributed by atoms with E-state index in [9.17, 15) is 0 Å². The van der Waals surface area contributed by atoms with E-state index in [2.05, 4.69) is 46.4 Å². The van der Waals surface area contributed by atoms with Gasteiger partial charge >= 0.3 is 6.41 Å². The smallest absolute Gasteiger partial charge is 0.246 e. The van der Waals surface area contributed by atoms with Crippen molar-refractivity contribution in [1.82, 2.24) is 9.96 Å². The summed E-state index contributed by atoms with van der Waals surface area (Å²) in [5.74, 6) is 0. The Hall–Kier alpha value is 0.250. The van der Waals surface area contributed by atoms with E-state index in [4.69, 9.17) is 27.7 Å². The molecule has 0 aromatic heterocycles. The highest BCUT2D eigenvalue weighted by Crippen LogP contribution is 2.28. The van der Waals surface area contributed by atoms with Gasteiger partial charge in [-0.2, -0.15) is 0 Å². The van der Waals surface area contributed by atoms with Crippen LogP contribution in [0.1, 0.15) is 83.1 Å². The molecule has 38 heavy (non-hydrogen) atoms. The average Bonchev–Trinajstić information content (AvgIpc) is 2.97. The average molecular weight is 669 g/mol. The minimum atomic E-state index is -0.728. The van der Waals surface area contributed by atoms with Crippen LogP contribution in [0.25, 0.3) is 0 Å². The van der Waals surface area contributed by atoms with Gasteiger partial charge in [0.1, 0.15) is 39.3 Å². The fraction of sp³-hybridized carbons (Fsp3) is 1.00. The van der Waals surface area contributed by atoms with Crippen molar-refractivity contribution in [3.8, 4) is 0 Å². The molecule has 0 aliphatic carbocycles. The number of hydrogen-bond donors (Lipinski definition) is 0. The van der Waals surface area contributed by atoms with Crippen LogP contribution in [0.2, 0.25) is 0 Å². The SMILES string of the molecule is CCN(CC)O[N+](CC)(CC)OC(O[N+](CC)(CC)O[N+](CC)(CC)O[N+](CC)(CC)OI)N(CC)CC. The van der Waals surface area contributed by atoms with Gasteiger partial charge in [0.15, 0.2) is 36.1 Å². The topological polar surface area (TPSA) is 61.9 Å². The Morgan fingerprint density at radius 1 is 0.500 bits per heavy atom. The molecule has 0 aliphatic rings. The third-order valence-electron chi connectivity index (χ3n) is 7.22. The zero-order valence-electron chi connectivity index (χ0n) is 26.6. The normalized spacial score (nSPS) is 14.6. The van der Waals surface area contributed by atoms with Crippen LogP contribution in [0.15, 0.2) is 0 Å². The van der Waals surface area contributed by atoms with E-state index in [0.717, 1.165) is 26.2 Å². The Labute approximate surface area is 247 Å². The number of quaternary nitrogens is 4. The van der Waals surface area contributed by atoms with E-state index < -0.39 is 6.41 Å². The van der Waals surface area contributed by atoms with Crippen molar-refractivity contribution >= 4 is 23.0 Å². The molecule has 0 aliphatic heterocycles. The molecule has 0 radical (unpaired) electrons. The monoisotopic (exact) mass is 668 g/mol. The molecule has 0 N–H and O–H groups in total. The van der Waals surface area contributed by atoms with E-state index in [-0.39, 0.29) is 19.2 Å². The third-order valence-corrected chi connectivity index (χ3v) is 7.94. The summed E-state index contributed by atoms with van der Waals surface area (Å²) < 4.78 is 5.77. The van der Waals surface area contributed by atoms with Crippen LogP contribution in [-0.2, 0) is 27.7 Å². The number of rotatable bonds is 24. The molecule has 0 saturated carbocycles. The highest BCUT2D eigenvalue weighted by Gasteiger charge is 2.54. The van der Waals surface area contributed by atoms with Crippen molar-refractivity contribution in [3.63, 3.8) is 0 Å². The van der Waals surface area contributed by atoms with Crippen LogP contribution in [0.3, 0.4) is 0 Å². The third kappa shape index (κ3) is 10.3. The summed E-state index contributed by atoms with van der Waals surface area (Å²) in [7, 11) is 0.